The highest BCUT2D eigenvalue weighted by atomic mass is 16.5. The van der Waals surface area contributed by atoms with Crippen LogP contribution in [0.3, 0.4) is 0 Å². The Morgan fingerprint density at radius 3 is 2.65 bits per heavy atom. The molecule has 0 radical (unpaired) electrons. The summed E-state index contributed by atoms with van der Waals surface area (Å²) in [5, 5.41) is 8.16. The van der Waals surface area contributed by atoms with E-state index < -0.39 is 0 Å². The lowest BCUT2D eigenvalue weighted by molar-refractivity contribution is 0.414. The van der Waals surface area contributed by atoms with E-state index in [1.807, 2.05) is 18.3 Å². The van der Waals surface area contributed by atoms with Gasteiger partial charge in [0.25, 0.3) is 0 Å². The Kier molecular flexibility index (Phi) is 5.18. The van der Waals surface area contributed by atoms with E-state index in [0.717, 1.165) is 30.1 Å². The molecule has 1 heterocycles. The van der Waals surface area contributed by atoms with Crippen LogP contribution >= 0.6 is 0 Å². The number of benzene rings is 1. The molecule has 1 saturated carbocycles. The molecule has 5 heteroatoms. The zero-order chi connectivity index (χ0) is 16.1. The number of nitrogens with zero attached hydrogens (tertiary/aromatic N) is 2. The predicted molar refractivity (Wildman–Crippen MR) is 93.5 cm³/mol. The van der Waals surface area contributed by atoms with E-state index in [2.05, 4.69) is 27.2 Å². The lowest BCUT2D eigenvalue weighted by Crippen LogP contribution is -2.11. The smallest absolute Gasteiger partial charge is 0.119 e. The molecule has 0 unspecified atom stereocenters. The summed E-state index contributed by atoms with van der Waals surface area (Å²) in [6.45, 7) is 1.60. The Hall–Kier alpha value is -2.01. The van der Waals surface area contributed by atoms with Crippen molar-refractivity contribution >= 4 is 5.69 Å². The summed E-state index contributed by atoms with van der Waals surface area (Å²) < 4.78 is 7.34. The van der Waals surface area contributed by atoms with Crippen molar-refractivity contribution in [2.45, 2.75) is 38.0 Å². The SMILES string of the molecule is COc1ccc(-n2ncc(NCCCN)c2C2CCCC2)cc1. The van der Waals surface area contributed by atoms with Gasteiger partial charge in [-0.15, -0.1) is 0 Å². The molecule has 0 saturated heterocycles. The first-order valence-corrected chi connectivity index (χ1v) is 8.49. The number of nitrogens with two attached hydrogens (primary N) is 1. The van der Waals surface area contributed by atoms with Crippen molar-refractivity contribution in [1.82, 2.24) is 9.78 Å². The number of anilines is 1. The average molecular weight is 314 g/mol. The Balaban J connectivity index is 1.91. The van der Waals surface area contributed by atoms with Gasteiger partial charge in [-0.05, 0) is 50.1 Å². The van der Waals surface area contributed by atoms with Gasteiger partial charge in [0.15, 0.2) is 0 Å². The van der Waals surface area contributed by atoms with Gasteiger partial charge in [0.2, 0.25) is 0 Å². The van der Waals surface area contributed by atoms with Crippen LogP contribution in [0.25, 0.3) is 5.69 Å². The van der Waals surface area contributed by atoms with Gasteiger partial charge in [0.1, 0.15) is 5.75 Å². The van der Waals surface area contributed by atoms with Crippen LogP contribution in [-0.2, 0) is 0 Å². The summed E-state index contributed by atoms with van der Waals surface area (Å²) in [6.07, 6.45) is 8.02. The van der Waals surface area contributed by atoms with Crippen molar-refractivity contribution in [3.05, 3.63) is 36.2 Å². The van der Waals surface area contributed by atoms with E-state index in [4.69, 9.17) is 10.5 Å². The minimum absolute atomic E-state index is 0.583. The van der Waals surface area contributed by atoms with Crippen LogP contribution < -0.4 is 15.8 Å². The van der Waals surface area contributed by atoms with Crippen molar-refractivity contribution in [1.29, 1.82) is 0 Å². The van der Waals surface area contributed by atoms with Gasteiger partial charge >= 0.3 is 0 Å². The molecule has 0 bridgehead atoms. The maximum atomic E-state index is 5.60. The summed E-state index contributed by atoms with van der Waals surface area (Å²) in [7, 11) is 1.69. The van der Waals surface area contributed by atoms with Crippen molar-refractivity contribution in [2.75, 3.05) is 25.5 Å². The first kappa shape index (κ1) is 15.9. The maximum absolute atomic E-state index is 5.60. The normalized spacial score (nSPS) is 15.0. The Bertz CT molecular complexity index is 614. The number of ether oxygens (including phenoxy) is 1. The fourth-order valence-corrected chi connectivity index (χ4v) is 3.34. The highest BCUT2D eigenvalue weighted by molar-refractivity contribution is 5.52. The van der Waals surface area contributed by atoms with Gasteiger partial charge < -0.3 is 15.8 Å². The van der Waals surface area contributed by atoms with Crippen molar-refractivity contribution in [3.63, 3.8) is 0 Å². The molecular weight excluding hydrogens is 288 g/mol. The van der Waals surface area contributed by atoms with Crippen LogP contribution in [-0.4, -0.2) is 30.0 Å². The topological polar surface area (TPSA) is 65.1 Å². The second kappa shape index (κ2) is 7.51. The molecule has 5 nitrogen and oxygen atoms in total. The first-order chi connectivity index (χ1) is 11.3. The quantitative estimate of drug-likeness (QED) is 0.770. The zero-order valence-electron chi connectivity index (χ0n) is 13.8. The van der Waals surface area contributed by atoms with Crippen LogP contribution in [0, 0.1) is 0 Å². The Morgan fingerprint density at radius 1 is 1.26 bits per heavy atom. The lowest BCUT2D eigenvalue weighted by Gasteiger charge is -2.16. The largest absolute Gasteiger partial charge is 0.497 e. The van der Waals surface area contributed by atoms with E-state index in [-0.39, 0.29) is 0 Å². The minimum atomic E-state index is 0.583. The molecule has 1 aliphatic rings. The van der Waals surface area contributed by atoms with E-state index in [9.17, 15) is 0 Å². The summed E-state index contributed by atoms with van der Waals surface area (Å²) in [4.78, 5) is 0. The number of nitrogens with one attached hydrogen (secondary N) is 1. The maximum Gasteiger partial charge on any atom is 0.119 e. The minimum Gasteiger partial charge on any atom is -0.497 e. The van der Waals surface area contributed by atoms with Crippen molar-refractivity contribution in [2.24, 2.45) is 5.73 Å². The first-order valence-electron chi connectivity index (χ1n) is 8.49. The molecule has 3 N–H and O–H groups in total. The molecule has 23 heavy (non-hydrogen) atoms. The number of methoxy groups -OCH3 is 1. The third-order valence-electron chi connectivity index (χ3n) is 4.56. The summed E-state index contributed by atoms with van der Waals surface area (Å²) >= 11 is 0. The third-order valence-corrected chi connectivity index (χ3v) is 4.56. The second-order valence-electron chi connectivity index (χ2n) is 6.10. The van der Waals surface area contributed by atoms with Gasteiger partial charge in [0, 0.05) is 12.5 Å². The number of aromatic nitrogens is 2. The summed E-state index contributed by atoms with van der Waals surface area (Å²) in [6, 6.07) is 8.09. The van der Waals surface area contributed by atoms with Crippen LogP contribution in [0.2, 0.25) is 0 Å². The van der Waals surface area contributed by atoms with Crippen molar-refractivity contribution in [3.8, 4) is 11.4 Å². The molecule has 2 aromatic rings. The second-order valence-corrected chi connectivity index (χ2v) is 6.10. The molecule has 0 aliphatic heterocycles. The lowest BCUT2D eigenvalue weighted by atomic mass is 10.0. The van der Waals surface area contributed by atoms with Crippen molar-refractivity contribution < 1.29 is 4.74 Å². The van der Waals surface area contributed by atoms with Gasteiger partial charge in [0.05, 0.1) is 30.4 Å². The molecular formula is C18H26N4O. The summed E-state index contributed by atoms with van der Waals surface area (Å²) in [5.41, 5.74) is 9.15. The molecule has 3 rings (SSSR count). The number of hydrogen-bond donors (Lipinski definition) is 2. The molecule has 1 aromatic carbocycles. The van der Waals surface area contributed by atoms with Crippen LogP contribution in [0.4, 0.5) is 5.69 Å². The Labute approximate surface area is 137 Å². The highest BCUT2D eigenvalue weighted by Crippen LogP contribution is 2.38. The van der Waals surface area contributed by atoms with Gasteiger partial charge in [-0.3, -0.25) is 0 Å². The van der Waals surface area contributed by atoms with E-state index >= 15 is 0 Å². The van der Waals surface area contributed by atoms with Crippen LogP contribution in [0.15, 0.2) is 30.5 Å². The number of hydrogen-bond acceptors (Lipinski definition) is 4. The average Bonchev–Trinajstić information content (AvgIpc) is 3.24. The number of rotatable bonds is 7. The molecule has 124 valence electrons. The van der Waals surface area contributed by atoms with E-state index in [0.29, 0.717) is 12.5 Å². The van der Waals surface area contributed by atoms with E-state index in [1.165, 1.54) is 31.4 Å². The molecule has 1 fully saturated rings. The van der Waals surface area contributed by atoms with Crippen LogP contribution in [0.5, 0.6) is 5.75 Å². The molecule has 0 spiro atoms. The predicted octanol–water partition coefficient (Wildman–Crippen LogP) is 3.30. The van der Waals surface area contributed by atoms with Gasteiger partial charge in [-0.2, -0.15) is 5.10 Å². The third kappa shape index (κ3) is 3.50. The Morgan fingerprint density at radius 2 is 2.00 bits per heavy atom. The molecule has 0 atom stereocenters. The molecule has 0 amide bonds. The fraction of sp³-hybridized carbons (Fsp3) is 0.500. The van der Waals surface area contributed by atoms with E-state index in [1.54, 1.807) is 7.11 Å². The highest BCUT2D eigenvalue weighted by Gasteiger charge is 2.25. The zero-order valence-corrected chi connectivity index (χ0v) is 13.8. The molecule has 1 aromatic heterocycles. The monoisotopic (exact) mass is 314 g/mol. The van der Waals surface area contributed by atoms with Gasteiger partial charge in [-0.25, -0.2) is 4.68 Å². The standard InChI is InChI=1S/C18H26N4O/c1-23-16-9-7-15(8-10-16)22-18(14-5-2-3-6-14)17(13-21-22)20-12-4-11-19/h7-10,13-14,20H,2-6,11-12,19H2,1H3. The fourth-order valence-electron chi connectivity index (χ4n) is 3.34. The molecule has 1 aliphatic carbocycles. The van der Waals surface area contributed by atoms with Crippen LogP contribution in [0.1, 0.15) is 43.7 Å². The van der Waals surface area contributed by atoms with Gasteiger partial charge in [-0.1, -0.05) is 12.8 Å². The summed E-state index contributed by atoms with van der Waals surface area (Å²) in [5.74, 6) is 1.45.